The zero-order valence-corrected chi connectivity index (χ0v) is 11.8. The normalized spacial score (nSPS) is 10.9. The molecule has 4 nitrogen and oxygen atoms in total. The number of nitrogen functional groups attached to an aromatic ring is 1. The van der Waals surface area contributed by atoms with E-state index in [9.17, 15) is 0 Å². The topological polar surface area (TPSA) is 61.0 Å². The molecule has 2 N–H and O–H groups in total. The number of nitrogens with two attached hydrogens (primary N) is 1. The summed E-state index contributed by atoms with van der Waals surface area (Å²) in [6, 6.07) is 1.69. The fraction of sp³-hybridized carbons (Fsp3) is 0.714. The van der Waals surface area contributed by atoms with Gasteiger partial charge < -0.3 is 10.5 Å². The van der Waals surface area contributed by atoms with Gasteiger partial charge in [-0.25, -0.2) is 4.98 Å². The van der Waals surface area contributed by atoms with Crippen LogP contribution in [0.5, 0.6) is 5.88 Å². The van der Waals surface area contributed by atoms with Gasteiger partial charge in [-0.1, -0.05) is 46.5 Å². The predicted molar refractivity (Wildman–Crippen MR) is 74.8 cm³/mol. The molecule has 0 aromatic carbocycles. The number of nitrogens with zero attached hydrogens (tertiary/aromatic N) is 2. The summed E-state index contributed by atoms with van der Waals surface area (Å²) in [5, 5.41) is 0. The second-order valence-corrected chi connectivity index (χ2v) is 4.91. The molecule has 0 saturated carbocycles. The zero-order chi connectivity index (χ0) is 13.4. The van der Waals surface area contributed by atoms with E-state index < -0.39 is 0 Å². The molecule has 0 fully saturated rings. The number of anilines is 1. The summed E-state index contributed by atoms with van der Waals surface area (Å²) in [6.45, 7) is 7.01. The second kappa shape index (κ2) is 7.90. The summed E-state index contributed by atoms with van der Waals surface area (Å²) in [6.07, 6.45) is 6.13. The minimum Gasteiger partial charge on any atom is -0.478 e. The minimum atomic E-state index is 0.264. The summed E-state index contributed by atoms with van der Waals surface area (Å²) in [7, 11) is 0. The van der Waals surface area contributed by atoms with Crippen LogP contribution in [0.3, 0.4) is 0 Å². The fourth-order valence-electron chi connectivity index (χ4n) is 1.68. The smallest absolute Gasteiger partial charge is 0.218 e. The van der Waals surface area contributed by atoms with Gasteiger partial charge >= 0.3 is 0 Å². The van der Waals surface area contributed by atoms with Crippen molar-refractivity contribution >= 4 is 5.82 Å². The lowest BCUT2D eigenvalue weighted by Gasteiger charge is -2.09. The Bertz CT molecular complexity index is 353. The van der Waals surface area contributed by atoms with Gasteiger partial charge in [-0.3, -0.25) is 0 Å². The number of ether oxygens (including phenoxy) is 1. The van der Waals surface area contributed by atoms with Crippen molar-refractivity contribution in [3.63, 3.8) is 0 Å². The molecule has 1 rings (SSSR count). The molecule has 0 aliphatic rings. The highest BCUT2D eigenvalue weighted by Gasteiger charge is 2.07. The van der Waals surface area contributed by atoms with E-state index in [2.05, 4.69) is 16.9 Å². The third kappa shape index (κ3) is 5.34. The number of hydrogen-bond donors (Lipinski definition) is 1. The highest BCUT2D eigenvalue weighted by atomic mass is 16.5. The third-order valence-electron chi connectivity index (χ3n) is 2.75. The molecule has 0 saturated heterocycles. The molecular weight excluding hydrogens is 226 g/mol. The first kappa shape index (κ1) is 14.7. The fourth-order valence-corrected chi connectivity index (χ4v) is 1.68. The highest BCUT2D eigenvalue weighted by Crippen LogP contribution is 2.17. The molecule has 0 amide bonds. The van der Waals surface area contributed by atoms with Crippen LogP contribution in [0.2, 0.25) is 0 Å². The largest absolute Gasteiger partial charge is 0.478 e. The van der Waals surface area contributed by atoms with Gasteiger partial charge in [0, 0.05) is 12.0 Å². The molecule has 0 spiro atoms. The van der Waals surface area contributed by atoms with Gasteiger partial charge in [0.05, 0.1) is 6.61 Å². The van der Waals surface area contributed by atoms with Crippen LogP contribution in [-0.4, -0.2) is 16.6 Å². The maximum Gasteiger partial charge on any atom is 0.218 e. The van der Waals surface area contributed by atoms with Crippen molar-refractivity contribution in [3.05, 3.63) is 11.9 Å². The van der Waals surface area contributed by atoms with Crippen molar-refractivity contribution in [1.82, 2.24) is 9.97 Å². The van der Waals surface area contributed by atoms with Crippen LogP contribution in [-0.2, 0) is 0 Å². The summed E-state index contributed by atoms with van der Waals surface area (Å²) in [4.78, 5) is 8.54. The van der Waals surface area contributed by atoms with E-state index in [1.807, 2.05) is 13.8 Å². The van der Waals surface area contributed by atoms with Crippen molar-refractivity contribution in [1.29, 1.82) is 0 Å². The van der Waals surface area contributed by atoms with Crippen LogP contribution in [0.25, 0.3) is 0 Å². The van der Waals surface area contributed by atoms with Crippen molar-refractivity contribution in [2.45, 2.75) is 58.8 Å². The van der Waals surface area contributed by atoms with Crippen molar-refractivity contribution in [2.75, 3.05) is 12.3 Å². The van der Waals surface area contributed by atoms with Crippen LogP contribution in [0.4, 0.5) is 5.82 Å². The van der Waals surface area contributed by atoms with Crippen LogP contribution in [0, 0.1) is 0 Å². The van der Waals surface area contributed by atoms with Crippen molar-refractivity contribution in [2.24, 2.45) is 0 Å². The van der Waals surface area contributed by atoms with Gasteiger partial charge in [0.1, 0.15) is 11.6 Å². The van der Waals surface area contributed by atoms with Gasteiger partial charge in [-0.2, -0.15) is 4.98 Å². The monoisotopic (exact) mass is 251 g/mol. The molecule has 0 bridgehead atoms. The first-order valence-corrected chi connectivity index (χ1v) is 6.90. The van der Waals surface area contributed by atoms with E-state index in [-0.39, 0.29) is 5.92 Å². The van der Waals surface area contributed by atoms with E-state index in [4.69, 9.17) is 10.5 Å². The van der Waals surface area contributed by atoms with Crippen LogP contribution in [0.1, 0.15) is 64.6 Å². The Morgan fingerprint density at radius 3 is 2.56 bits per heavy atom. The average molecular weight is 251 g/mol. The van der Waals surface area contributed by atoms with Gasteiger partial charge in [-0.15, -0.1) is 0 Å². The Balaban J connectivity index is 2.37. The van der Waals surface area contributed by atoms with Gasteiger partial charge in [0.25, 0.3) is 0 Å². The standard InChI is InChI=1S/C14H25N3O/c1-4-5-6-7-8-9-18-13-10-12(15)16-14(17-13)11(2)3/h10-11H,4-9H2,1-3H3,(H2,15,16,17). The highest BCUT2D eigenvalue weighted by molar-refractivity contribution is 5.33. The first-order valence-electron chi connectivity index (χ1n) is 6.90. The summed E-state index contributed by atoms with van der Waals surface area (Å²) in [5.74, 6) is 2.09. The predicted octanol–water partition coefficient (Wildman–Crippen LogP) is 3.53. The molecule has 18 heavy (non-hydrogen) atoms. The lowest BCUT2D eigenvalue weighted by Crippen LogP contribution is -2.06. The lowest BCUT2D eigenvalue weighted by atomic mass is 10.2. The quantitative estimate of drug-likeness (QED) is 0.718. The maximum absolute atomic E-state index is 5.74. The Hall–Kier alpha value is -1.32. The number of hydrogen-bond acceptors (Lipinski definition) is 4. The molecule has 1 aromatic heterocycles. The summed E-state index contributed by atoms with van der Waals surface area (Å²) >= 11 is 0. The van der Waals surface area contributed by atoms with Gasteiger partial charge in [0.2, 0.25) is 5.88 Å². The summed E-state index contributed by atoms with van der Waals surface area (Å²) in [5.41, 5.74) is 5.74. The second-order valence-electron chi connectivity index (χ2n) is 4.91. The number of rotatable bonds is 8. The van der Waals surface area contributed by atoms with Gasteiger partial charge in [0.15, 0.2) is 0 Å². The van der Waals surface area contributed by atoms with Crippen molar-refractivity contribution in [3.8, 4) is 5.88 Å². The molecule has 4 heteroatoms. The maximum atomic E-state index is 5.74. The molecule has 1 aromatic rings. The summed E-state index contributed by atoms with van der Waals surface area (Å²) < 4.78 is 5.63. The molecular formula is C14H25N3O. The first-order chi connectivity index (χ1) is 8.63. The number of unbranched alkanes of at least 4 members (excludes halogenated alkanes) is 4. The van der Waals surface area contributed by atoms with E-state index in [0.717, 1.165) is 12.2 Å². The van der Waals surface area contributed by atoms with Crippen molar-refractivity contribution < 1.29 is 4.74 Å². The lowest BCUT2D eigenvalue weighted by molar-refractivity contribution is 0.291. The van der Waals surface area contributed by atoms with E-state index in [0.29, 0.717) is 18.3 Å². The molecule has 102 valence electrons. The third-order valence-corrected chi connectivity index (χ3v) is 2.75. The molecule has 0 aliphatic carbocycles. The Morgan fingerprint density at radius 2 is 1.89 bits per heavy atom. The van der Waals surface area contributed by atoms with E-state index >= 15 is 0 Å². The number of aromatic nitrogens is 2. The minimum absolute atomic E-state index is 0.264. The molecule has 1 heterocycles. The van der Waals surface area contributed by atoms with Gasteiger partial charge in [-0.05, 0) is 6.42 Å². The van der Waals surface area contributed by atoms with E-state index in [1.165, 1.54) is 25.7 Å². The molecule has 0 unspecified atom stereocenters. The molecule has 0 radical (unpaired) electrons. The molecule has 0 aliphatic heterocycles. The Labute approximate surface area is 110 Å². The average Bonchev–Trinajstić information content (AvgIpc) is 2.33. The van der Waals surface area contributed by atoms with Crippen LogP contribution < -0.4 is 10.5 Å². The zero-order valence-electron chi connectivity index (χ0n) is 11.8. The SMILES string of the molecule is CCCCCCCOc1cc(N)nc(C(C)C)n1. The molecule has 0 atom stereocenters. The van der Waals surface area contributed by atoms with Crippen LogP contribution in [0.15, 0.2) is 6.07 Å². The van der Waals surface area contributed by atoms with E-state index in [1.54, 1.807) is 6.07 Å². The van der Waals surface area contributed by atoms with Crippen LogP contribution >= 0.6 is 0 Å². The Morgan fingerprint density at radius 1 is 1.17 bits per heavy atom. The Kier molecular flexibility index (Phi) is 6.47.